The van der Waals surface area contributed by atoms with Crippen molar-refractivity contribution in [3.05, 3.63) is 140 Å². The molecule has 3 atom stereocenters. The van der Waals surface area contributed by atoms with E-state index in [2.05, 4.69) is 146 Å². The zero-order valence-electron chi connectivity index (χ0n) is 48.7. The van der Waals surface area contributed by atoms with Crippen LogP contribution in [0.4, 0.5) is 0 Å². The van der Waals surface area contributed by atoms with Crippen LogP contribution in [0.15, 0.2) is 72.8 Å². The largest absolute Gasteiger partial charge is 0.466 e. The summed E-state index contributed by atoms with van der Waals surface area (Å²) in [5, 5.41) is 0. The van der Waals surface area contributed by atoms with Gasteiger partial charge in [0.2, 0.25) is 0 Å². The molecule has 0 amide bonds. The number of carbonyl (C=O) groups is 4. The average molecular weight is 1010 g/mol. The van der Waals surface area contributed by atoms with E-state index in [1.165, 1.54) is 58.2 Å². The number of hydrogen-bond donors (Lipinski definition) is 3. The van der Waals surface area contributed by atoms with Crippen molar-refractivity contribution < 1.29 is 33.4 Å². The molecule has 5 rings (SSSR count). The summed E-state index contributed by atoms with van der Waals surface area (Å²) in [6.07, 6.45) is 6.07. The lowest BCUT2D eigenvalue weighted by molar-refractivity contribution is -0.144. The Labute approximate surface area is 442 Å². The molecule has 406 valence electrons. The first-order valence-corrected chi connectivity index (χ1v) is 26.3. The summed E-state index contributed by atoms with van der Waals surface area (Å²) < 4.78 is 14.8. The van der Waals surface area contributed by atoms with Gasteiger partial charge in [0.1, 0.15) is 6.29 Å². The summed E-state index contributed by atoms with van der Waals surface area (Å²) in [6.45, 7) is 40.7. The minimum absolute atomic E-state index is 0.0738. The number of carbonyl (C=O) groups excluding carboxylic acids is 4. The third-order valence-electron chi connectivity index (χ3n) is 11.7. The first-order valence-electron chi connectivity index (χ1n) is 26.3. The fourth-order valence-corrected chi connectivity index (χ4v) is 7.25. The van der Waals surface area contributed by atoms with Gasteiger partial charge in [-0.1, -0.05) is 185 Å². The molecule has 0 bridgehead atoms. The van der Waals surface area contributed by atoms with Gasteiger partial charge in [-0.3, -0.25) is 19.2 Å². The van der Waals surface area contributed by atoms with E-state index in [4.69, 9.17) is 31.4 Å². The molecule has 1 aliphatic rings. The van der Waals surface area contributed by atoms with Crippen molar-refractivity contribution >= 4 is 24.2 Å². The van der Waals surface area contributed by atoms with Crippen molar-refractivity contribution in [1.82, 2.24) is 0 Å². The Morgan fingerprint density at radius 3 is 0.863 bits per heavy atom. The van der Waals surface area contributed by atoms with E-state index in [1.807, 2.05) is 37.3 Å². The van der Waals surface area contributed by atoms with Crippen molar-refractivity contribution in [2.24, 2.45) is 17.2 Å². The third kappa shape index (κ3) is 26.6. The molecule has 4 aromatic carbocycles. The van der Waals surface area contributed by atoms with Crippen molar-refractivity contribution in [1.29, 1.82) is 0 Å². The van der Waals surface area contributed by atoms with Gasteiger partial charge in [0.25, 0.3) is 0 Å². The second kappa shape index (κ2) is 30.3. The second-order valence-corrected chi connectivity index (χ2v) is 23.6. The molecular weight excluding hydrogens is 911 g/mol. The molecule has 4 aromatic rings. The van der Waals surface area contributed by atoms with Gasteiger partial charge in [-0.15, -0.1) is 0 Å². The van der Waals surface area contributed by atoms with Crippen molar-refractivity contribution in [2.45, 2.75) is 210 Å². The first kappa shape index (κ1) is 65.9. The van der Waals surface area contributed by atoms with Crippen LogP contribution in [0.25, 0.3) is 0 Å². The molecule has 1 saturated carbocycles. The maximum absolute atomic E-state index is 11.5. The van der Waals surface area contributed by atoms with Gasteiger partial charge in [0.15, 0.2) is 0 Å². The molecule has 0 aliphatic heterocycles. The Balaban J connectivity index is 0.000000480. The molecule has 1 aliphatic carbocycles. The highest BCUT2D eigenvalue weighted by Gasteiger charge is 2.22. The van der Waals surface area contributed by atoms with Crippen LogP contribution in [0.2, 0.25) is 0 Å². The van der Waals surface area contributed by atoms with Gasteiger partial charge in [0.05, 0.1) is 39.1 Å². The normalized spacial score (nSPS) is 13.3. The molecule has 0 aromatic heterocycles. The van der Waals surface area contributed by atoms with Crippen LogP contribution in [0.5, 0.6) is 0 Å². The standard InChI is InChI=1S/3C16H25NO2.C12H16O.C3H6/c3*1-6-19-15(18)10-14(17)12-7-11(2)8-13(9-12)16(3,4)5;1-9-5-10(8-13)7-11(6-9)12(2,3)4;1-2-3-1/h3*7-9,14H,6,10,17H2,1-5H3;5-8H,1-4H3;1-3H2/t2*14-;;;/m10.../s1. The molecule has 0 saturated heterocycles. The molecule has 10 nitrogen and oxygen atoms in total. The molecule has 10 heteroatoms. The SMILES string of the molecule is C1CC1.CCOC(=O)CC(N)c1cc(C)cc(C(C)(C)C)c1.CCOC(=O)C[C@@H](N)c1cc(C)cc(C(C)(C)C)c1.CCOC(=O)C[C@H](N)c1cc(C)cc(C(C)(C)C)c1.Cc1cc(C=O)cc(C(C)(C)C)c1. The maximum atomic E-state index is 11.5. The first-order chi connectivity index (χ1) is 33.6. The van der Waals surface area contributed by atoms with Crippen molar-refractivity contribution in [2.75, 3.05) is 19.8 Å². The van der Waals surface area contributed by atoms with E-state index in [9.17, 15) is 19.2 Å². The number of benzene rings is 4. The minimum Gasteiger partial charge on any atom is -0.466 e. The summed E-state index contributed by atoms with van der Waals surface area (Å²) in [4.78, 5) is 45.1. The lowest BCUT2D eigenvalue weighted by Crippen LogP contribution is -2.19. The zero-order valence-corrected chi connectivity index (χ0v) is 48.7. The van der Waals surface area contributed by atoms with Gasteiger partial charge in [-0.05, 0) is 121 Å². The Kier molecular flexibility index (Phi) is 27.3. The quantitative estimate of drug-likeness (QED) is 0.0664. The van der Waals surface area contributed by atoms with E-state index in [1.54, 1.807) is 20.8 Å². The lowest BCUT2D eigenvalue weighted by Gasteiger charge is -2.22. The Morgan fingerprint density at radius 1 is 0.425 bits per heavy atom. The maximum Gasteiger partial charge on any atom is 0.307 e. The van der Waals surface area contributed by atoms with Gasteiger partial charge >= 0.3 is 17.9 Å². The summed E-state index contributed by atoms with van der Waals surface area (Å²) >= 11 is 0. The van der Waals surface area contributed by atoms with Crippen LogP contribution in [-0.4, -0.2) is 44.0 Å². The number of esters is 3. The van der Waals surface area contributed by atoms with E-state index < -0.39 is 0 Å². The number of ether oxygens (including phenoxy) is 3. The summed E-state index contributed by atoms with van der Waals surface area (Å²) in [5.41, 5.74) is 32.0. The van der Waals surface area contributed by atoms with Crippen LogP contribution in [0, 0.1) is 27.7 Å². The number of aldehydes is 1. The predicted octanol–water partition coefficient (Wildman–Crippen LogP) is 14.0. The fraction of sp³-hybridized carbons (Fsp3) is 0.556. The van der Waals surface area contributed by atoms with Gasteiger partial charge in [-0.2, -0.15) is 0 Å². The van der Waals surface area contributed by atoms with Gasteiger partial charge < -0.3 is 31.4 Å². The Hall–Kier alpha value is -5.16. The molecule has 1 unspecified atom stereocenters. The molecule has 6 N–H and O–H groups in total. The van der Waals surface area contributed by atoms with Crippen LogP contribution >= 0.6 is 0 Å². The zero-order chi connectivity index (χ0) is 56.1. The highest BCUT2D eigenvalue weighted by atomic mass is 16.5. The topological polar surface area (TPSA) is 174 Å². The molecule has 1 fully saturated rings. The van der Waals surface area contributed by atoms with Crippen LogP contribution in [0.1, 0.15) is 232 Å². The highest BCUT2D eigenvalue weighted by Crippen LogP contribution is 2.30. The number of aryl methyl sites for hydroxylation is 4. The summed E-state index contributed by atoms with van der Waals surface area (Å²) in [6, 6.07) is 24.0. The minimum atomic E-state index is -0.306. The molecular formula is C63H97N3O7. The van der Waals surface area contributed by atoms with E-state index in [0.717, 1.165) is 34.1 Å². The average Bonchev–Trinajstić information content (AvgIpc) is 4.16. The highest BCUT2D eigenvalue weighted by molar-refractivity contribution is 5.75. The van der Waals surface area contributed by atoms with E-state index in [0.29, 0.717) is 19.8 Å². The molecule has 0 radical (unpaired) electrons. The lowest BCUT2D eigenvalue weighted by atomic mass is 9.84. The van der Waals surface area contributed by atoms with E-state index in [-0.39, 0.29) is 77.0 Å². The number of rotatable bonds is 13. The summed E-state index contributed by atoms with van der Waals surface area (Å²) in [5.74, 6) is -0.726. The van der Waals surface area contributed by atoms with Crippen molar-refractivity contribution in [3.8, 4) is 0 Å². The fourth-order valence-electron chi connectivity index (χ4n) is 7.25. The van der Waals surface area contributed by atoms with Crippen LogP contribution < -0.4 is 17.2 Å². The van der Waals surface area contributed by atoms with Gasteiger partial charge in [0, 0.05) is 23.7 Å². The molecule has 0 heterocycles. The predicted molar refractivity (Wildman–Crippen MR) is 303 cm³/mol. The smallest absolute Gasteiger partial charge is 0.307 e. The molecule has 0 spiro atoms. The van der Waals surface area contributed by atoms with Crippen LogP contribution in [-0.2, 0) is 50.3 Å². The number of nitrogens with two attached hydrogens (primary N) is 3. The van der Waals surface area contributed by atoms with Crippen LogP contribution in [0.3, 0.4) is 0 Å². The monoisotopic (exact) mass is 1010 g/mol. The second-order valence-electron chi connectivity index (χ2n) is 23.6. The number of hydrogen-bond acceptors (Lipinski definition) is 10. The van der Waals surface area contributed by atoms with E-state index >= 15 is 0 Å². The molecule has 73 heavy (non-hydrogen) atoms. The van der Waals surface area contributed by atoms with Crippen molar-refractivity contribution in [3.63, 3.8) is 0 Å². The summed E-state index contributed by atoms with van der Waals surface area (Å²) in [7, 11) is 0. The Morgan fingerprint density at radius 2 is 0.658 bits per heavy atom. The third-order valence-corrected chi connectivity index (χ3v) is 11.7. The van der Waals surface area contributed by atoms with Gasteiger partial charge in [-0.25, -0.2) is 0 Å². The Bertz CT molecular complexity index is 2150.